The maximum atomic E-state index is 13.8. The molecule has 0 heterocycles. The second kappa shape index (κ2) is 6.34. The Morgan fingerprint density at radius 3 is 2.67 bits per heavy atom. The largest absolute Gasteiger partial charge is 0.310 e. The summed E-state index contributed by atoms with van der Waals surface area (Å²) in [5, 5.41) is 4.07. The normalized spacial score (nSPS) is 14.4. The van der Waals surface area contributed by atoms with Crippen molar-refractivity contribution in [2.45, 2.75) is 35.2 Å². The van der Waals surface area contributed by atoms with E-state index in [0.29, 0.717) is 22.5 Å². The number of halogens is 3. The van der Waals surface area contributed by atoms with Crippen molar-refractivity contribution in [2.75, 3.05) is 0 Å². The smallest absolute Gasteiger partial charge is 0.140 e. The van der Waals surface area contributed by atoms with Gasteiger partial charge in [-0.3, -0.25) is 0 Å². The van der Waals surface area contributed by atoms with Gasteiger partial charge in [-0.05, 0) is 42.7 Å². The van der Waals surface area contributed by atoms with Crippen LogP contribution in [-0.4, -0.2) is 6.04 Å². The Balaban J connectivity index is 1.84. The van der Waals surface area contributed by atoms with Crippen LogP contribution in [-0.2, 0) is 6.54 Å². The molecule has 3 rings (SSSR count). The summed E-state index contributed by atoms with van der Waals surface area (Å²) in [5.41, 5.74) is 0.958. The van der Waals surface area contributed by atoms with Crippen molar-refractivity contribution >= 4 is 23.4 Å². The molecule has 110 valence electrons. The van der Waals surface area contributed by atoms with Crippen molar-refractivity contribution in [3.05, 3.63) is 58.6 Å². The van der Waals surface area contributed by atoms with Crippen molar-refractivity contribution in [1.82, 2.24) is 5.32 Å². The summed E-state index contributed by atoms with van der Waals surface area (Å²) in [6, 6.07) is 9.76. The molecular weight excluding hydrogens is 312 g/mol. The van der Waals surface area contributed by atoms with Crippen molar-refractivity contribution in [3.63, 3.8) is 0 Å². The third-order valence-corrected chi connectivity index (χ3v) is 4.84. The first-order valence-electron chi connectivity index (χ1n) is 6.77. The number of rotatable bonds is 5. The molecule has 5 heteroatoms. The highest BCUT2D eigenvalue weighted by molar-refractivity contribution is 7.99. The molecule has 0 amide bonds. The topological polar surface area (TPSA) is 12.0 Å². The van der Waals surface area contributed by atoms with Gasteiger partial charge in [0.25, 0.3) is 0 Å². The van der Waals surface area contributed by atoms with Gasteiger partial charge in [0.15, 0.2) is 0 Å². The number of benzene rings is 2. The van der Waals surface area contributed by atoms with Gasteiger partial charge >= 0.3 is 0 Å². The first-order chi connectivity index (χ1) is 10.1. The molecule has 0 aliphatic heterocycles. The summed E-state index contributed by atoms with van der Waals surface area (Å²) >= 11 is 7.53. The van der Waals surface area contributed by atoms with Crippen LogP contribution in [0.4, 0.5) is 8.78 Å². The summed E-state index contributed by atoms with van der Waals surface area (Å²) in [5.74, 6) is -1.13. The maximum Gasteiger partial charge on any atom is 0.140 e. The zero-order chi connectivity index (χ0) is 14.8. The lowest BCUT2D eigenvalue weighted by Gasteiger charge is -2.12. The van der Waals surface area contributed by atoms with Crippen molar-refractivity contribution < 1.29 is 8.78 Å². The van der Waals surface area contributed by atoms with E-state index in [1.165, 1.54) is 36.7 Å². The fourth-order valence-corrected chi connectivity index (χ4v) is 3.30. The van der Waals surface area contributed by atoms with Crippen LogP contribution in [0.5, 0.6) is 0 Å². The lowest BCUT2D eigenvalue weighted by molar-refractivity contribution is 0.565. The quantitative estimate of drug-likeness (QED) is 0.828. The third kappa shape index (κ3) is 3.76. The second-order valence-corrected chi connectivity index (χ2v) is 6.54. The molecular formula is C16H14ClF2NS. The Kier molecular flexibility index (Phi) is 4.48. The Bertz CT molecular complexity index is 659. The van der Waals surface area contributed by atoms with Crippen LogP contribution in [0.3, 0.4) is 0 Å². The summed E-state index contributed by atoms with van der Waals surface area (Å²) in [7, 11) is 0. The average molecular weight is 326 g/mol. The fraction of sp³-hybridized carbons (Fsp3) is 0.250. The van der Waals surface area contributed by atoms with Gasteiger partial charge in [-0.15, -0.1) is 0 Å². The molecule has 0 atom stereocenters. The molecule has 1 N–H and O–H groups in total. The van der Waals surface area contributed by atoms with E-state index >= 15 is 0 Å². The van der Waals surface area contributed by atoms with Gasteiger partial charge in [-0.25, -0.2) is 8.78 Å². The molecule has 0 aromatic heterocycles. The van der Waals surface area contributed by atoms with Crippen molar-refractivity contribution in [3.8, 4) is 0 Å². The minimum Gasteiger partial charge on any atom is -0.310 e. The Labute approximate surface area is 131 Å². The minimum atomic E-state index is -0.571. The average Bonchev–Trinajstić information content (AvgIpc) is 3.25. The Morgan fingerprint density at radius 1 is 1.14 bits per heavy atom. The van der Waals surface area contributed by atoms with Gasteiger partial charge in [0.1, 0.15) is 11.6 Å². The van der Waals surface area contributed by atoms with Crippen LogP contribution in [0, 0.1) is 11.6 Å². The van der Waals surface area contributed by atoms with Crippen molar-refractivity contribution in [1.29, 1.82) is 0 Å². The Morgan fingerprint density at radius 2 is 1.95 bits per heavy atom. The van der Waals surface area contributed by atoms with E-state index in [-0.39, 0.29) is 0 Å². The molecule has 0 spiro atoms. The molecule has 1 nitrogen and oxygen atoms in total. The minimum absolute atomic E-state index is 0.395. The first kappa shape index (κ1) is 14.8. The molecule has 0 unspecified atom stereocenters. The molecule has 0 saturated heterocycles. The molecule has 1 fully saturated rings. The van der Waals surface area contributed by atoms with Gasteiger partial charge in [0.05, 0.1) is 0 Å². The predicted molar refractivity (Wildman–Crippen MR) is 81.8 cm³/mol. The van der Waals surface area contributed by atoms with Gasteiger partial charge in [0, 0.05) is 33.5 Å². The third-order valence-electron chi connectivity index (χ3n) is 3.33. The molecule has 21 heavy (non-hydrogen) atoms. The molecule has 2 aromatic carbocycles. The van der Waals surface area contributed by atoms with Crippen LogP contribution in [0.25, 0.3) is 0 Å². The zero-order valence-electron chi connectivity index (χ0n) is 11.2. The van der Waals surface area contributed by atoms with E-state index < -0.39 is 11.6 Å². The van der Waals surface area contributed by atoms with E-state index in [1.807, 2.05) is 18.2 Å². The first-order valence-corrected chi connectivity index (χ1v) is 7.96. The lowest BCUT2D eigenvalue weighted by atomic mass is 10.2. The van der Waals surface area contributed by atoms with Gasteiger partial charge in [-0.2, -0.15) is 0 Å². The van der Waals surface area contributed by atoms with Crippen LogP contribution in [0.2, 0.25) is 5.02 Å². The molecule has 2 aromatic rings. The SMILES string of the molecule is Fc1ccc(Sc2cccc(Cl)c2CNC2CC2)c(F)c1. The van der Waals surface area contributed by atoms with E-state index in [9.17, 15) is 8.78 Å². The summed E-state index contributed by atoms with van der Waals surface area (Å²) in [6.07, 6.45) is 2.39. The van der Waals surface area contributed by atoms with Crippen LogP contribution in [0.1, 0.15) is 18.4 Å². The number of nitrogens with one attached hydrogen (secondary N) is 1. The fourth-order valence-electron chi connectivity index (χ4n) is 2.02. The van der Waals surface area contributed by atoms with E-state index in [2.05, 4.69) is 5.32 Å². The summed E-state index contributed by atoms with van der Waals surface area (Å²) in [4.78, 5) is 1.28. The van der Waals surface area contributed by atoms with Crippen LogP contribution >= 0.6 is 23.4 Å². The summed E-state index contributed by atoms with van der Waals surface area (Å²) in [6.45, 7) is 0.662. The van der Waals surface area contributed by atoms with Gasteiger partial charge in [-0.1, -0.05) is 29.4 Å². The molecule has 1 aliphatic carbocycles. The lowest BCUT2D eigenvalue weighted by Crippen LogP contribution is -2.16. The highest BCUT2D eigenvalue weighted by atomic mass is 35.5. The van der Waals surface area contributed by atoms with Crippen LogP contribution < -0.4 is 5.32 Å². The monoisotopic (exact) mass is 325 g/mol. The highest BCUT2D eigenvalue weighted by Crippen LogP contribution is 2.35. The van der Waals surface area contributed by atoms with Gasteiger partial charge < -0.3 is 5.32 Å². The summed E-state index contributed by atoms with van der Waals surface area (Å²) < 4.78 is 26.7. The van der Waals surface area contributed by atoms with E-state index in [1.54, 1.807) is 0 Å². The zero-order valence-corrected chi connectivity index (χ0v) is 12.8. The maximum absolute atomic E-state index is 13.8. The molecule has 1 aliphatic rings. The number of hydrogen-bond acceptors (Lipinski definition) is 2. The van der Waals surface area contributed by atoms with Crippen molar-refractivity contribution in [2.24, 2.45) is 0 Å². The standard InChI is InChI=1S/C16H14ClF2NS/c17-13-2-1-3-15(12(13)9-20-11-5-6-11)21-16-7-4-10(18)8-14(16)19/h1-4,7-8,11,20H,5-6,9H2. The highest BCUT2D eigenvalue weighted by Gasteiger charge is 2.21. The molecule has 0 radical (unpaired) electrons. The van der Waals surface area contributed by atoms with E-state index in [0.717, 1.165) is 16.5 Å². The molecule has 1 saturated carbocycles. The van der Waals surface area contributed by atoms with E-state index in [4.69, 9.17) is 11.6 Å². The van der Waals surface area contributed by atoms with Gasteiger partial charge in [0.2, 0.25) is 0 Å². The second-order valence-electron chi connectivity index (χ2n) is 5.05. The molecule has 0 bridgehead atoms. The van der Waals surface area contributed by atoms with Crippen LogP contribution in [0.15, 0.2) is 46.2 Å². The number of hydrogen-bond donors (Lipinski definition) is 1. The Hall–Kier alpha value is -1.10. The predicted octanol–water partition coefficient (Wildman–Crippen LogP) is 5.02.